The van der Waals surface area contributed by atoms with Crippen LogP contribution in [-0.4, -0.2) is 31.1 Å². The number of hydrogen-bond donors (Lipinski definition) is 2. The van der Waals surface area contributed by atoms with E-state index in [2.05, 4.69) is 5.32 Å². The number of amides is 3. The molecule has 0 aliphatic rings. The molecule has 0 aliphatic carbocycles. The van der Waals surface area contributed by atoms with Crippen LogP contribution in [0, 0.1) is 5.92 Å². The topological polar surface area (TPSA) is 115 Å². The van der Waals surface area contributed by atoms with Crippen molar-refractivity contribution in [1.29, 1.82) is 0 Å². The van der Waals surface area contributed by atoms with Crippen molar-refractivity contribution < 1.29 is 23.5 Å². The third-order valence-corrected chi connectivity index (χ3v) is 3.46. The maximum Gasteiger partial charge on any atom is 0.351 e. The zero-order chi connectivity index (χ0) is 19.1. The number of esters is 1. The molecule has 0 saturated carbocycles. The lowest BCUT2D eigenvalue weighted by molar-refractivity contribution is -0.123. The molecule has 3 amide bonds. The largest absolute Gasteiger partial charge is 0.452 e. The molecular formula is C18H20N2O6. The van der Waals surface area contributed by atoms with Crippen LogP contribution in [-0.2, 0) is 9.53 Å². The van der Waals surface area contributed by atoms with Crippen LogP contribution in [0.4, 0.5) is 4.79 Å². The number of nitrogens with one attached hydrogen (secondary N) is 2. The molecule has 8 nitrogen and oxygen atoms in total. The highest BCUT2D eigenvalue weighted by atomic mass is 16.5. The molecule has 0 aliphatic heterocycles. The van der Waals surface area contributed by atoms with Crippen LogP contribution in [0.1, 0.15) is 30.6 Å². The Morgan fingerprint density at radius 3 is 2.65 bits per heavy atom. The van der Waals surface area contributed by atoms with E-state index in [0.29, 0.717) is 23.4 Å². The van der Waals surface area contributed by atoms with Crippen LogP contribution in [0.2, 0.25) is 0 Å². The number of carbonyl (C=O) groups is 3. The van der Waals surface area contributed by atoms with Gasteiger partial charge in [0.1, 0.15) is 11.1 Å². The fraction of sp³-hybridized carbons (Fsp3) is 0.333. The van der Waals surface area contributed by atoms with Crippen molar-refractivity contribution in [3.63, 3.8) is 0 Å². The smallest absolute Gasteiger partial charge is 0.351 e. The second-order valence-electron chi connectivity index (χ2n) is 6.05. The Morgan fingerprint density at radius 1 is 1.19 bits per heavy atom. The lowest BCUT2D eigenvalue weighted by atomic mass is 10.1. The van der Waals surface area contributed by atoms with Gasteiger partial charge in [0.15, 0.2) is 6.61 Å². The molecule has 0 bridgehead atoms. The summed E-state index contributed by atoms with van der Waals surface area (Å²) in [4.78, 5) is 47.0. The van der Waals surface area contributed by atoms with Crippen molar-refractivity contribution in [3.05, 3.63) is 46.3 Å². The maximum absolute atomic E-state index is 12.0. The van der Waals surface area contributed by atoms with Crippen LogP contribution in [0.5, 0.6) is 0 Å². The molecule has 1 aromatic carbocycles. The second-order valence-corrected chi connectivity index (χ2v) is 6.05. The van der Waals surface area contributed by atoms with Crippen LogP contribution in [0.3, 0.4) is 0 Å². The van der Waals surface area contributed by atoms with E-state index in [1.54, 1.807) is 24.3 Å². The molecule has 2 N–H and O–H groups in total. The van der Waals surface area contributed by atoms with Gasteiger partial charge in [-0.2, -0.15) is 0 Å². The summed E-state index contributed by atoms with van der Waals surface area (Å²) in [6, 6.07) is 7.35. The second kappa shape index (κ2) is 8.80. The van der Waals surface area contributed by atoms with Crippen LogP contribution in [0.15, 0.2) is 39.5 Å². The van der Waals surface area contributed by atoms with Gasteiger partial charge in [-0.3, -0.25) is 10.1 Å². The Hall–Kier alpha value is -3.16. The zero-order valence-electron chi connectivity index (χ0n) is 14.5. The highest BCUT2D eigenvalue weighted by Crippen LogP contribution is 2.13. The van der Waals surface area contributed by atoms with Gasteiger partial charge in [-0.25, -0.2) is 14.4 Å². The fourth-order valence-corrected chi connectivity index (χ4v) is 2.09. The third kappa shape index (κ3) is 5.44. The number of imide groups is 1. The van der Waals surface area contributed by atoms with Crippen molar-refractivity contribution in [2.45, 2.75) is 20.3 Å². The molecule has 8 heteroatoms. The lowest BCUT2D eigenvalue weighted by Gasteiger charge is -2.08. The first-order valence-corrected chi connectivity index (χ1v) is 8.14. The molecule has 0 saturated heterocycles. The molecule has 0 fully saturated rings. The maximum atomic E-state index is 12.0. The SMILES string of the molecule is CC(C)CCNC(=O)NC(=O)COC(=O)c1cc2ccccc2oc1=O. The Bertz CT molecular complexity index is 871. The first-order chi connectivity index (χ1) is 12.4. The number of benzene rings is 1. The minimum Gasteiger partial charge on any atom is -0.452 e. The third-order valence-electron chi connectivity index (χ3n) is 3.46. The molecule has 26 heavy (non-hydrogen) atoms. The van der Waals surface area contributed by atoms with Gasteiger partial charge in [0, 0.05) is 11.9 Å². The van der Waals surface area contributed by atoms with Crippen LogP contribution >= 0.6 is 0 Å². The summed E-state index contributed by atoms with van der Waals surface area (Å²) >= 11 is 0. The number of para-hydroxylation sites is 1. The predicted octanol–water partition coefficient (Wildman–Crippen LogP) is 1.82. The summed E-state index contributed by atoms with van der Waals surface area (Å²) in [7, 11) is 0. The van der Waals surface area contributed by atoms with Gasteiger partial charge in [0.25, 0.3) is 5.91 Å². The van der Waals surface area contributed by atoms with Gasteiger partial charge < -0.3 is 14.5 Å². The number of fused-ring (bicyclic) bond motifs is 1. The number of urea groups is 1. The van der Waals surface area contributed by atoms with Gasteiger partial charge in [0.05, 0.1) is 0 Å². The van der Waals surface area contributed by atoms with Crippen molar-refractivity contribution >= 4 is 28.9 Å². The highest BCUT2D eigenvalue weighted by molar-refractivity contribution is 5.97. The average molecular weight is 360 g/mol. The Morgan fingerprint density at radius 2 is 1.92 bits per heavy atom. The van der Waals surface area contributed by atoms with E-state index in [4.69, 9.17) is 9.15 Å². The van der Waals surface area contributed by atoms with E-state index in [9.17, 15) is 19.2 Å². The molecule has 0 spiro atoms. The first-order valence-electron chi connectivity index (χ1n) is 8.14. The van der Waals surface area contributed by atoms with E-state index in [1.807, 2.05) is 19.2 Å². The van der Waals surface area contributed by atoms with E-state index >= 15 is 0 Å². The molecule has 2 aromatic rings. The molecule has 0 unspecified atom stereocenters. The molecule has 1 heterocycles. The van der Waals surface area contributed by atoms with Gasteiger partial charge >= 0.3 is 17.6 Å². The average Bonchev–Trinajstić information content (AvgIpc) is 2.58. The first kappa shape index (κ1) is 19.2. The summed E-state index contributed by atoms with van der Waals surface area (Å²) in [6.45, 7) is 3.75. The number of ether oxygens (including phenoxy) is 1. The quantitative estimate of drug-likeness (QED) is 0.600. The minimum absolute atomic E-state index is 0.321. The molecule has 0 radical (unpaired) electrons. The highest BCUT2D eigenvalue weighted by Gasteiger charge is 2.17. The normalized spacial score (nSPS) is 10.6. The molecule has 138 valence electrons. The van der Waals surface area contributed by atoms with E-state index < -0.39 is 30.1 Å². The van der Waals surface area contributed by atoms with Gasteiger partial charge in [-0.15, -0.1) is 0 Å². The van der Waals surface area contributed by atoms with Crippen LogP contribution < -0.4 is 16.3 Å². The van der Waals surface area contributed by atoms with Crippen molar-refractivity contribution in [3.8, 4) is 0 Å². The molecule has 1 aromatic heterocycles. The zero-order valence-corrected chi connectivity index (χ0v) is 14.5. The number of hydrogen-bond acceptors (Lipinski definition) is 6. The summed E-state index contributed by atoms with van der Waals surface area (Å²) in [5.41, 5.74) is -0.844. The van der Waals surface area contributed by atoms with E-state index in [0.717, 1.165) is 6.42 Å². The minimum atomic E-state index is -1.00. The Kier molecular flexibility index (Phi) is 6.48. The van der Waals surface area contributed by atoms with Crippen LogP contribution in [0.25, 0.3) is 11.0 Å². The fourth-order valence-electron chi connectivity index (χ4n) is 2.09. The number of rotatable bonds is 6. The summed E-state index contributed by atoms with van der Waals surface area (Å²) in [6.07, 6.45) is 0.772. The van der Waals surface area contributed by atoms with Gasteiger partial charge in [0.2, 0.25) is 0 Å². The number of carbonyl (C=O) groups excluding carboxylic acids is 3. The predicted molar refractivity (Wildman–Crippen MR) is 93.8 cm³/mol. The summed E-state index contributed by atoms with van der Waals surface area (Å²) in [5.74, 6) is -1.38. The monoisotopic (exact) mass is 360 g/mol. The molecule has 2 rings (SSSR count). The van der Waals surface area contributed by atoms with Gasteiger partial charge in [-0.05, 0) is 24.5 Å². The summed E-state index contributed by atoms with van der Waals surface area (Å²) < 4.78 is 9.80. The van der Waals surface area contributed by atoms with Crippen molar-refractivity contribution in [2.24, 2.45) is 5.92 Å². The lowest BCUT2D eigenvalue weighted by Crippen LogP contribution is -2.42. The van der Waals surface area contributed by atoms with Crippen molar-refractivity contribution in [1.82, 2.24) is 10.6 Å². The molecular weight excluding hydrogens is 340 g/mol. The summed E-state index contributed by atoms with van der Waals surface area (Å²) in [5, 5.41) is 5.10. The standard InChI is InChI=1S/C18H20N2O6/c1-11(2)7-8-19-18(24)20-15(21)10-25-16(22)13-9-12-5-3-4-6-14(12)26-17(13)23/h3-6,9,11H,7-8,10H2,1-2H3,(H2,19,20,21,24). The van der Waals surface area contributed by atoms with E-state index in [-0.39, 0.29) is 5.56 Å². The van der Waals surface area contributed by atoms with Crippen molar-refractivity contribution in [2.75, 3.05) is 13.2 Å². The Labute approximate surface area is 149 Å². The molecule has 0 atom stereocenters. The van der Waals surface area contributed by atoms with E-state index in [1.165, 1.54) is 6.07 Å². The Balaban J connectivity index is 1.88. The van der Waals surface area contributed by atoms with Gasteiger partial charge in [-0.1, -0.05) is 32.0 Å².